The molecule has 2 heterocycles. The molecule has 2 aliphatic heterocycles. The second kappa shape index (κ2) is 6.10. The monoisotopic (exact) mass is 257 g/mol. The third-order valence-electron chi connectivity index (χ3n) is 4.19. The van der Waals surface area contributed by atoms with Gasteiger partial charge < -0.3 is 10.0 Å². The molecule has 0 aromatic rings. The van der Waals surface area contributed by atoms with Crippen molar-refractivity contribution in [3.05, 3.63) is 0 Å². The summed E-state index contributed by atoms with van der Waals surface area (Å²) >= 11 is 2.00. The number of nitrogens with zero attached hydrogens (tertiary/aromatic N) is 1. The Morgan fingerprint density at radius 3 is 2.71 bits per heavy atom. The van der Waals surface area contributed by atoms with Crippen LogP contribution < -0.4 is 0 Å². The Morgan fingerprint density at radius 2 is 2.06 bits per heavy atom. The Labute approximate surface area is 108 Å². The average molecular weight is 257 g/mol. The normalized spacial score (nSPS) is 30.8. The Balaban J connectivity index is 1.86. The van der Waals surface area contributed by atoms with Gasteiger partial charge in [-0.05, 0) is 42.6 Å². The first kappa shape index (κ1) is 13.2. The second-order valence-corrected chi connectivity index (χ2v) is 6.59. The molecular weight excluding hydrogens is 234 g/mol. The van der Waals surface area contributed by atoms with E-state index in [1.165, 1.54) is 24.3 Å². The van der Waals surface area contributed by atoms with Crippen molar-refractivity contribution in [3.63, 3.8) is 0 Å². The minimum absolute atomic E-state index is 0.0699. The summed E-state index contributed by atoms with van der Waals surface area (Å²) in [7, 11) is 0. The van der Waals surface area contributed by atoms with Crippen molar-refractivity contribution in [1.82, 2.24) is 4.90 Å². The topological polar surface area (TPSA) is 40.5 Å². The first-order chi connectivity index (χ1) is 8.22. The molecule has 2 atom stereocenters. The maximum atomic E-state index is 12.2. The summed E-state index contributed by atoms with van der Waals surface area (Å²) in [5, 5.41) is 9.36. The highest BCUT2D eigenvalue weighted by Crippen LogP contribution is 2.29. The van der Waals surface area contributed by atoms with Crippen molar-refractivity contribution in [3.8, 4) is 0 Å². The number of hydrogen-bond acceptors (Lipinski definition) is 3. The molecule has 0 bridgehead atoms. The Hall–Kier alpha value is -0.220. The van der Waals surface area contributed by atoms with E-state index in [0.29, 0.717) is 18.3 Å². The van der Waals surface area contributed by atoms with E-state index in [4.69, 9.17) is 0 Å². The van der Waals surface area contributed by atoms with Crippen LogP contribution in [-0.4, -0.2) is 46.6 Å². The van der Waals surface area contributed by atoms with Crippen molar-refractivity contribution >= 4 is 17.7 Å². The number of likely N-dealkylation sites (tertiary alicyclic amines) is 1. The molecule has 1 N–H and O–H groups in total. The van der Waals surface area contributed by atoms with E-state index in [9.17, 15) is 9.90 Å². The molecule has 0 aromatic carbocycles. The first-order valence-electron chi connectivity index (χ1n) is 6.70. The van der Waals surface area contributed by atoms with Crippen LogP contribution in [0.5, 0.6) is 0 Å². The average Bonchev–Trinajstić information content (AvgIpc) is 2.71. The lowest BCUT2D eigenvalue weighted by molar-refractivity contribution is -0.134. The molecule has 0 spiro atoms. The highest BCUT2D eigenvalue weighted by Gasteiger charge is 2.34. The van der Waals surface area contributed by atoms with Gasteiger partial charge in [0, 0.05) is 13.0 Å². The van der Waals surface area contributed by atoms with E-state index in [1.54, 1.807) is 0 Å². The maximum Gasteiger partial charge on any atom is 0.223 e. The molecule has 0 aliphatic carbocycles. The predicted molar refractivity (Wildman–Crippen MR) is 71.0 cm³/mol. The SMILES string of the molecule is CC1CCN(C(=O)CC2CCSCC2)C1CO. The van der Waals surface area contributed by atoms with E-state index in [2.05, 4.69) is 6.92 Å². The molecule has 98 valence electrons. The number of carbonyl (C=O) groups is 1. The van der Waals surface area contributed by atoms with Crippen molar-refractivity contribution in [2.24, 2.45) is 11.8 Å². The summed E-state index contributed by atoms with van der Waals surface area (Å²) in [4.78, 5) is 14.2. The molecule has 0 radical (unpaired) electrons. The quantitative estimate of drug-likeness (QED) is 0.837. The van der Waals surface area contributed by atoms with Crippen LogP contribution in [0.2, 0.25) is 0 Å². The van der Waals surface area contributed by atoms with Gasteiger partial charge in [-0.15, -0.1) is 0 Å². The third kappa shape index (κ3) is 3.16. The molecule has 2 aliphatic rings. The zero-order chi connectivity index (χ0) is 12.3. The van der Waals surface area contributed by atoms with Crippen LogP contribution in [0.4, 0.5) is 0 Å². The minimum atomic E-state index is 0.0699. The number of rotatable bonds is 3. The van der Waals surface area contributed by atoms with Gasteiger partial charge in [0.05, 0.1) is 12.6 Å². The van der Waals surface area contributed by atoms with E-state index >= 15 is 0 Å². The largest absolute Gasteiger partial charge is 0.394 e. The zero-order valence-corrected chi connectivity index (χ0v) is 11.4. The summed E-state index contributed by atoms with van der Waals surface area (Å²) in [6.45, 7) is 3.09. The standard InChI is InChI=1S/C13H23NO2S/c1-10-2-5-14(12(10)9-15)13(16)8-11-3-6-17-7-4-11/h10-12,15H,2-9H2,1H3. The first-order valence-corrected chi connectivity index (χ1v) is 7.86. The summed E-state index contributed by atoms with van der Waals surface area (Å²) in [6, 6.07) is 0.0699. The highest BCUT2D eigenvalue weighted by atomic mass is 32.2. The molecular formula is C13H23NO2S. The van der Waals surface area contributed by atoms with Gasteiger partial charge in [-0.2, -0.15) is 11.8 Å². The zero-order valence-electron chi connectivity index (χ0n) is 10.6. The predicted octanol–water partition coefficient (Wildman–Crippen LogP) is 1.75. The van der Waals surface area contributed by atoms with Crippen LogP contribution in [0, 0.1) is 11.8 Å². The van der Waals surface area contributed by atoms with Gasteiger partial charge in [-0.1, -0.05) is 6.92 Å². The van der Waals surface area contributed by atoms with Crippen LogP contribution in [-0.2, 0) is 4.79 Å². The number of aliphatic hydroxyl groups is 1. The highest BCUT2D eigenvalue weighted by molar-refractivity contribution is 7.99. The van der Waals surface area contributed by atoms with Gasteiger partial charge >= 0.3 is 0 Å². The lowest BCUT2D eigenvalue weighted by atomic mass is 9.97. The fraction of sp³-hybridized carbons (Fsp3) is 0.923. The van der Waals surface area contributed by atoms with E-state index in [-0.39, 0.29) is 18.6 Å². The van der Waals surface area contributed by atoms with Gasteiger partial charge in [0.15, 0.2) is 0 Å². The summed E-state index contributed by atoms with van der Waals surface area (Å²) in [6.07, 6.45) is 4.11. The van der Waals surface area contributed by atoms with Gasteiger partial charge in [-0.25, -0.2) is 0 Å². The van der Waals surface area contributed by atoms with Crippen LogP contribution in [0.25, 0.3) is 0 Å². The molecule has 0 saturated carbocycles. The van der Waals surface area contributed by atoms with E-state index in [1.807, 2.05) is 16.7 Å². The number of hydrogen-bond donors (Lipinski definition) is 1. The minimum Gasteiger partial charge on any atom is -0.394 e. The van der Waals surface area contributed by atoms with E-state index in [0.717, 1.165) is 13.0 Å². The lowest BCUT2D eigenvalue weighted by Gasteiger charge is -2.28. The fourth-order valence-corrected chi connectivity index (χ4v) is 4.12. The van der Waals surface area contributed by atoms with Crippen LogP contribution >= 0.6 is 11.8 Å². The molecule has 0 aromatic heterocycles. The summed E-state index contributed by atoms with van der Waals surface area (Å²) in [5.41, 5.74) is 0. The van der Waals surface area contributed by atoms with Gasteiger partial charge in [0.25, 0.3) is 0 Å². The Bertz CT molecular complexity index is 266. The van der Waals surface area contributed by atoms with Crippen LogP contribution in [0.15, 0.2) is 0 Å². The summed E-state index contributed by atoms with van der Waals surface area (Å²) < 4.78 is 0. The molecule has 17 heavy (non-hydrogen) atoms. The Morgan fingerprint density at radius 1 is 1.35 bits per heavy atom. The molecule has 3 nitrogen and oxygen atoms in total. The van der Waals surface area contributed by atoms with Crippen molar-refractivity contribution < 1.29 is 9.90 Å². The molecule has 2 unspecified atom stereocenters. The van der Waals surface area contributed by atoms with Crippen molar-refractivity contribution in [2.75, 3.05) is 24.7 Å². The van der Waals surface area contributed by atoms with Crippen molar-refractivity contribution in [2.45, 2.75) is 38.6 Å². The van der Waals surface area contributed by atoms with Gasteiger partial charge in [0.1, 0.15) is 0 Å². The number of aliphatic hydroxyl groups excluding tert-OH is 1. The maximum absolute atomic E-state index is 12.2. The summed E-state index contributed by atoms with van der Waals surface area (Å²) in [5.74, 6) is 3.71. The number of carbonyl (C=O) groups excluding carboxylic acids is 1. The lowest BCUT2D eigenvalue weighted by Crippen LogP contribution is -2.40. The third-order valence-corrected chi connectivity index (χ3v) is 5.24. The molecule has 2 fully saturated rings. The van der Waals surface area contributed by atoms with Crippen LogP contribution in [0.3, 0.4) is 0 Å². The molecule has 1 amide bonds. The number of thioether (sulfide) groups is 1. The Kier molecular flexibility index (Phi) is 4.74. The molecule has 2 rings (SSSR count). The van der Waals surface area contributed by atoms with Gasteiger partial charge in [0.2, 0.25) is 5.91 Å². The van der Waals surface area contributed by atoms with Crippen LogP contribution in [0.1, 0.15) is 32.6 Å². The van der Waals surface area contributed by atoms with Gasteiger partial charge in [-0.3, -0.25) is 4.79 Å². The molecule has 2 saturated heterocycles. The number of amides is 1. The van der Waals surface area contributed by atoms with Crippen molar-refractivity contribution in [1.29, 1.82) is 0 Å². The molecule has 4 heteroatoms. The fourth-order valence-electron chi connectivity index (χ4n) is 2.91. The second-order valence-electron chi connectivity index (χ2n) is 5.36. The smallest absolute Gasteiger partial charge is 0.223 e. The van der Waals surface area contributed by atoms with E-state index < -0.39 is 0 Å².